The fourth-order valence-electron chi connectivity index (χ4n) is 2.65. The van der Waals surface area contributed by atoms with Gasteiger partial charge in [-0.1, -0.05) is 24.1 Å². The lowest BCUT2D eigenvalue weighted by Crippen LogP contribution is -2.12. The van der Waals surface area contributed by atoms with Gasteiger partial charge >= 0.3 is 0 Å². The van der Waals surface area contributed by atoms with E-state index in [1.54, 1.807) is 0 Å². The summed E-state index contributed by atoms with van der Waals surface area (Å²) >= 11 is 0. The van der Waals surface area contributed by atoms with Gasteiger partial charge in [-0.2, -0.15) is 0 Å². The average molecular weight is 262 g/mol. The molecule has 0 saturated carbocycles. The van der Waals surface area contributed by atoms with E-state index in [9.17, 15) is 0 Å². The number of fused-ring (bicyclic) bond motifs is 1. The van der Waals surface area contributed by atoms with Gasteiger partial charge in [0.2, 0.25) is 0 Å². The van der Waals surface area contributed by atoms with Gasteiger partial charge in [0.15, 0.2) is 0 Å². The third-order valence-electron chi connectivity index (χ3n) is 3.80. The second-order valence-corrected chi connectivity index (χ2v) is 5.21. The minimum Gasteiger partial charge on any atom is -0.381 e. The third-order valence-corrected chi connectivity index (χ3v) is 3.80. The fraction of sp³-hybridized carbons (Fsp3) is 0.222. The lowest BCUT2D eigenvalue weighted by molar-refractivity contribution is 0.955. The van der Waals surface area contributed by atoms with E-state index in [1.807, 2.05) is 24.3 Å². The van der Waals surface area contributed by atoms with E-state index >= 15 is 0 Å². The van der Waals surface area contributed by atoms with Crippen LogP contribution < -0.4 is 10.2 Å². The molecule has 0 atom stereocenters. The summed E-state index contributed by atoms with van der Waals surface area (Å²) in [5.74, 6) is 2.66. The van der Waals surface area contributed by atoms with Crippen LogP contribution in [-0.4, -0.2) is 13.6 Å². The summed E-state index contributed by atoms with van der Waals surface area (Å²) in [4.78, 5) is 2.31. The molecular formula is C18H18N2. The topological polar surface area (TPSA) is 15.3 Å². The Labute approximate surface area is 120 Å². The van der Waals surface area contributed by atoms with Gasteiger partial charge in [-0.25, -0.2) is 0 Å². The Morgan fingerprint density at radius 1 is 1.25 bits per heavy atom. The molecule has 2 aromatic rings. The average Bonchev–Trinajstić information content (AvgIpc) is 2.86. The van der Waals surface area contributed by atoms with Gasteiger partial charge in [-0.15, -0.1) is 6.42 Å². The molecule has 3 rings (SSSR count). The van der Waals surface area contributed by atoms with Gasteiger partial charge in [0.05, 0.1) is 0 Å². The maximum Gasteiger partial charge on any atom is 0.0400 e. The molecule has 1 aliphatic rings. The Morgan fingerprint density at radius 3 is 3.00 bits per heavy atom. The van der Waals surface area contributed by atoms with Crippen molar-refractivity contribution < 1.29 is 0 Å². The number of nitrogens with zero attached hydrogens (tertiary/aromatic N) is 1. The molecule has 1 aliphatic heterocycles. The number of hydrogen-bond acceptors (Lipinski definition) is 2. The lowest BCUT2D eigenvalue weighted by Gasteiger charge is -2.13. The first-order valence-electron chi connectivity index (χ1n) is 6.90. The molecular weight excluding hydrogens is 244 g/mol. The Balaban J connectivity index is 1.71. The van der Waals surface area contributed by atoms with Crippen LogP contribution in [0.5, 0.6) is 0 Å². The summed E-state index contributed by atoms with van der Waals surface area (Å²) in [5.41, 5.74) is 6.10. The Kier molecular flexibility index (Phi) is 3.35. The van der Waals surface area contributed by atoms with Gasteiger partial charge in [0.25, 0.3) is 0 Å². The van der Waals surface area contributed by atoms with Crippen molar-refractivity contribution in [1.82, 2.24) is 0 Å². The molecule has 1 N–H and O–H groups in total. The van der Waals surface area contributed by atoms with Crippen LogP contribution >= 0.6 is 0 Å². The molecule has 2 aromatic carbocycles. The number of nitrogens with one attached hydrogen (secondary N) is 1. The quantitative estimate of drug-likeness (QED) is 0.854. The minimum absolute atomic E-state index is 0.824. The number of hydrogen-bond donors (Lipinski definition) is 1. The van der Waals surface area contributed by atoms with Crippen LogP contribution in [-0.2, 0) is 13.0 Å². The van der Waals surface area contributed by atoms with Crippen molar-refractivity contribution in [1.29, 1.82) is 0 Å². The largest absolute Gasteiger partial charge is 0.381 e. The van der Waals surface area contributed by atoms with E-state index in [4.69, 9.17) is 6.42 Å². The summed E-state index contributed by atoms with van der Waals surface area (Å²) in [6.45, 7) is 1.95. The Bertz CT molecular complexity index is 667. The van der Waals surface area contributed by atoms with Crippen molar-refractivity contribution in [3.63, 3.8) is 0 Å². The SMILES string of the molecule is C#Cc1cccc(NCc2ccc3c(c2)CCN3C)c1. The van der Waals surface area contributed by atoms with Gasteiger partial charge in [0, 0.05) is 37.1 Å². The maximum absolute atomic E-state index is 5.42. The molecule has 0 aromatic heterocycles. The second-order valence-electron chi connectivity index (χ2n) is 5.21. The molecule has 0 saturated heterocycles. The molecule has 100 valence electrons. The van der Waals surface area contributed by atoms with E-state index in [-0.39, 0.29) is 0 Å². The predicted molar refractivity (Wildman–Crippen MR) is 85.1 cm³/mol. The molecule has 0 bridgehead atoms. The zero-order valence-corrected chi connectivity index (χ0v) is 11.7. The lowest BCUT2D eigenvalue weighted by atomic mass is 10.1. The highest BCUT2D eigenvalue weighted by atomic mass is 15.1. The molecule has 2 nitrogen and oxygen atoms in total. The van der Waals surface area contributed by atoms with Gasteiger partial charge in [-0.3, -0.25) is 0 Å². The van der Waals surface area contributed by atoms with Crippen LogP contribution in [0.4, 0.5) is 11.4 Å². The third kappa shape index (κ3) is 2.48. The van der Waals surface area contributed by atoms with Gasteiger partial charge in [0.1, 0.15) is 0 Å². The monoisotopic (exact) mass is 262 g/mol. The molecule has 0 amide bonds. The molecule has 20 heavy (non-hydrogen) atoms. The number of anilines is 2. The van der Waals surface area contributed by atoms with Crippen molar-refractivity contribution in [3.05, 3.63) is 59.2 Å². The summed E-state index contributed by atoms with van der Waals surface area (Å²) in [7, 11) is 2.15. The van der Waals surface area contributed by atoms with Crippen LogP contribution in [0.25, 0.3) is 0 Å². The van der Waals surface area contributed by atoms with E-state index in [1.165, 1.54) is 16.8 Å². The van der Waals surface area contributed by atoms with Gasteiger partial charge < -0.3 is 10.2 Å². The highest BCUT2D eigenvalue weighted by molar-refractivity contribution is 5.59. The van der Waals surface area contributed by atoms with Crippen molar-refractivity contribution in [2.45, 2.75) is 13.0 Å². The smallest absolute Gasteiger partial charge is 0.0400 e. The molecule has 0 radical (unpaired) electrons. The summed E-state index contributed by atoms with van der Waals surface area (Å²) in [6, 6.07) is 14.7. The molecule has 0 fully saturated rings. The Morgan fingerprint density at radius 2 is 2.15 bits per heavy atom. The van der Waals surface area contributed by atoms with Crippen LogP contribution in [0.3, 0.4) is 0 Å². The number of rotatable bonds is 3. The number of likely N-dealkylation sites (N-methyl/N-ethyl adjacent to an activating group) is 1. The van der Waals surface area contributed by atoms with Crippen molar-refractivity contribution in [3.8, 4) is 12.3 Å². The first-order chi connectivity index (χ1) is 9.76. The maximum atomic E-state index is 5.42. The molecule has 1 heterocycles. The summed E-state index contributed by atoms with van der Waals surface area (Å²) in [6.07, 6.45) is 6.56. The van der Waals surface area contributed by atoms with Crippen molar-refractivity contribution >= 4 is 11.4 Å². The number of terminal acetylenes is 1. The second kappa shape index (κ2) is 5.30. The minimum atomic E-state index is 0.824. The van der Waals surface area contributed by atoms with Crippen LogP contribution in [0.15, 0.2) is 42.5 Å². The predicted octanol–water partition coefficient (Wildman–Crippen LogP) is 3.27. The van der Waals surface area contributed by atoms with Crippen molar-refractivity contribution in [2.24, 2.45) is 0 Å². The normalized spacial score (nSPS) is 12.9. The first kappa shape index (κ1) is 12.6. The van der Waals surface area contributed by atoms with E-state index in [0.717, 1.165) is 30.8 Å². The van der Waals surface area contributed by atoms with Gasteiger partial charge in [-0.05, 0) is 41.8 Å². The van der Waals surface area contributed by atoms with Crippen LogP contribution in [0.2, 0.25) is 0 Å². The first-order valence-corrected chi connectivity index (χ1v) is 6.90. The summed E-state index contributed by atoms with van der Waals surface area (Å²) < 4.78 is 0. The fourth-order valence-corrected chi connectivity index (χ4v) is 2.65. The van der Waals surface area contributed by atoms with Crippen LogP contribution in [0.1, 0.15) is 16.7 Å². The standard InChI is InChI=1S/C18H18N2/c1-3-14-5-4-6-17(12-14)19-13-15-7-8-18-16(11-15)9-10-20(18)2/h1,4-8,11-12,19H,9-10,13H2,2H3. The van der Waals surface area contributed by atoms with E-state index in [0.29, 0.717) is 0 Å². The zero-order chi connectivity index (χ0) is 13.9. The van der Waals surface area contributed by atoms with Crippen LogP contribution in [0, 0.1) is 12.3 Å². The highest BCUT2D eigenvalue weighted by Crippen LogP contribution is 2.27. The summed E-state index contributed by atoms with van der Waals surface area (Å²) in [5, 5.41) is 3.43. The molecule has 0 aliphatic carbocycles. The van der Waals surface area contributed by atoms with Crippen molar-refractivity contribution in [2.75, 3.05) is 23.8 Å². The molecule has 0 spiro atoms. The molecule has 0 unspecified atom stereocenters. The van der Waals surface area contributed by atoms with E-state index in [2.05, 4.69) is 41.4 Å². The van der Waals surface area contributed by atoms with E-state index < -0.39 is 0 Å². The highest BCUT2D eigenvalue weighted by Gasteiger charge is 2.15. The zero-order valence-electron chi connectivity index (χ0n) is 11.7. The molecule has 2 heteroatoms. The Hall–Kier alpha value is -2.40. The number of benzene rings is 2.